The highest BCUT2D eigenvalue weighted by Gasteiger charge is 2.34. The van der Waals surface area contributed by atoms with Crippen LogP contribution in [0.5, 0.6) is 5.88 Å². The third kappa shape index (κ3) is 6.88. The van der Waals surface area contributed by atoms with Crippen molar-refractivity contribution < 1.29 is 19.1 Å². The van der Waals surface area contributed by atoms with Crippen LogP contribution in [0.3, 0.4) is 0 Å². The Bertz CT molecular complexity index is 2530. The molecule has 1 saturated heterocycles. The highest BCUT2D eigenvalue weighted by atomic mass is 35.5. The lowest BCUT2D eigenvalue weighted by Crippen LogP contribution is -2.35. The van der Waals surface area contributed by atoms with E-state index in [2.05, 4.69) is 15.7 Å². The second kappa shape index (κ2) is 15.1. The normalized spacial score (nSPS) is 15.2. The second-order valence-electron chi connectivity index (χ2n) is 13.4. The number of pyridine rings is 2. The third-order valence-electron chi connectivity index (χ3n) is 10.0. The largest absolute Gasteiger partial charge is 0.481 e. The average Bonchev–Trinajstić information content (AvgIpc) is 3.84. The molecule has 14 heteroatoms. The summed E-state index contributed by atoms with van der Waals surface area (Å²) in [7, 11) is 1.58. The van der Waals surface area contributed by atoms with E-state index in [0.717, 1.165) is 12.0 Å². The van der Waals surface area contributed by atoms with Gasteiger partial charge in [-0.25, -0.2) is 18.9 Å². The molecule has 1 fully saturated rings. The van der Waals surface area contributed by atoms with Crippen molar-refractivity contribution in [2.24, 2.45) is 0 Å². The molecule has 3 amide bonds. The van der Waals surface area contributed by atoms with Crippen LogP contribution in [-0.4, -0.2) is 68.0 Å². The van der Waals surface area contributed by atoms with Crippen LogP contribution in [0, 0.1) is 0 Å². The number of methoxy groups -OCH3 is 1. The molecular formula is C41H35Cl2N7O5. The van der Waals surface area contributed by atoms with Gasteiger partial charge >= 0.3 is 5.69 Å². The van der Waals surface area contributed by atoms with E-state index in [-0.39, 0.29) is 42.5 Å². The van der Waals surface area contributed by atoms with Crippen LogP contribution in [-0.2, 0) is 17.9 Å². The second-order valence-corrected chi connectivity index (χ2v) is 14.2. The number of imide groups is 1. The Balaban J connectivity index is 1.00. The van der Waals surface area contributed by atoms with Gasteiger partial charge in [-0.05, 0) is 43.2 Å². The van der Waals surface area contributed by atoms with Gasteiger partial charge in [-0.3, -0.25) is 19.3 Å². The zero-order chi connectivity index (χ0) is 38.2. The van der Waals surface area contributed by atoms with E-state index >= 15 is 0 Å². The molecule has 5 heterocycles. The van der Waals surface area contributed by atoms with Crippen molar-refractivity contribution in [3.8, 4) is 39.4 Å². The summed E-state index contributed by atoms with van der Waals surface area (Å²) < 4.78 is 8.44. The Morgan fingerprint density at radius 2 is 1.47 bits per heavy atom. The van der Waals surface area contributed by atoms with Gasteiger partial charge in [-0.1, -0.05) is 77.8 Å². The van der Waals surface area contributed by atoms with Gasteiger partial charge in [0.15, 0.2) is 5.65 Å². The van der Waals surface area contributed by atoms with Crippen LogP contribution in [0.4, 0.5) is 0 Å². The maximum Gasteiger partial charge on any atom is 0.350 e. The number of nitrogens with one attached hydrogen (secondary N) is 2. The fourth-order valence-corrected chi connectivity index (χ4v) is 7.85. The van der Waals surface area contributed by atoms with Crippen molar-refractivity contribution in [2.45, 2.75) is 38.4 Å². The zero-order valence-electron chi connectivity index (χ0n) is 29.7. The number of rotatable bonds is 12. The van der Waals surface area contributed by atoms with Crippen molar-refractivity contribution in [3.63, 3.8) is 0 Å². The van der Waals surface area contributed by atoms with Crippen LogP contribution in [0.25, 0.3) is 39.2 Å². The van der Waals surface area contributed by atoms with Crippen molar-refractivity contribution in [2.75, 3.05) is 20.2 Å². The van der Waals surface area contributed by atoms with Crippen molar-refractivity contribution >= 4 is 46.6 Å². The number of halogens is 2. The maximum absolute atomic E-state index is 13.5. The van der Waals surface area contributed by atoms with Gasteiger partial charge in [-0.2, -0.15) is 0 Å². The lowest BCUT2D eigenvalue weighted by Gasteiger charge is -2.15. The van der Waals surface area contributed by atoms with Gasteiger partial charge in [0.05, 0.1) is 34.0 Å². The summed E-state index contributed by atoms with van der Waals surface area (Å²) >= 11 is 14.2. The molecule has 8 rings (SSSR count). The molecule has 0 aliphatic carbocycles. The summed E-state index contributed by atoms with van der Waals surface area (Å²) in [6.45, 7) is 1.56. The number of aryl methyl sites for hydroxylation is 1. The molecule has 3 aromatic carbocycles. The highest BCUT2D eigenvalue weighted by molar-refractivity contribution is 6.39. The molecule has 2 aliphatic heterocycles. The summed E-state index contributed by atoms with van der Waals surface area (Å²) in [5.74, 6) is -0.107. The smallest absolute Gasteiger partial charge is 0.350 e. The van der Waals surface area contributed by atoms with Gasteiger partial charge < -0.3 is 15.4 Å². The van der Waals surface area contributed by atoms with Crippen LogP contribution in [0.2, 0.25) is 10.0 Å². The molecule has 1 atom stereocenters. The first kappa shape index (κ1) is 36.2. The molecule has 0 saturated carbocycles. The standard InChI is InChI=1S/C41H35Cl2N7O5/c1-55-38-24(21-44-22-26-15-18-35(51)45-26)13-16-33(46-38)32-12-5-11-29(37(32)43)28-10-4-9-27(36(28)42)25-14-17-34-47-50(41(54)49(34)23-25)20-6-19-48-39(52)30-7-2-3-8-31(30)40(48)53/h2-5,7-14,16-17,23,26,44H,6,15,18-22H2,1H3,(H,45,51). The minimum absolute atomic E-state index is 0.0826. The molecule has 55 heavy (non-hydrogen) atoms. The lowest BCUT2D eigenvalue weighted by atomic mass is 9.97. The quantitative estimate of drug-likeness (QED) is 0.139. The molecule has 0 bridgehead atoms. The fourth-order valence-electron chi connectivity index (χ4n) is 7.19. The molecule has 0 radical (unpaired) electrons. The molecule has 12 nitrogen and oxygen atoms in total. The Hall–Kier alpha value is -5.82. The van der Waals surface area contributed by atoms with E-state index in [9.17, 15) is 19.2 Å². The van der Waals surface area contributed by atoms with E-state index in [1.54, 1.807) is 43.6 Å². The van der Waals surface area contributed by atoms with Crippen LogP contribution in [0.1, 0.15) is 45.5 Å². The van der Waals surface area contributed by atoms with Crippen molar-refractivity contribution in [1.82, 2.24) is 34.7 Å². The first-order valence-electron chi connectivity index (χ1n) is 17.9. The number of carbonyl (C=O) groups excluding carboxylic acids is 3. The summed E-state index contributed by atoms with van der Waals surface area (Å²) in [6, 6.07) is 25.7. The lowest BCUT2D eigenvalue weighted by molar-refractivity contribution is -0.119. The summed E-state index contributed by atoms with van der Waals surface area (Å²) in [5.41, 5.74) is 5.90. The first-order valence-corrected chi connectivity index (χ1v) is 18.6. The van der Waals surface area contributed by atoms with Crippen LogP contribution < -0.4 is 21.1 Å². The molecule has 1 unspecified atom stereocenters. The monoisotopic (exact) mass is 775 g/mol. The van der Waals surface area contributed by atoms with E-state index in [1.165, 1.54) is 14.0 Å². The van der Waals surface area contributed by atoms with Crippen LogP contribution in [0.15, 0.2) is 95.9 Å². The molecular weight excluding hydrogens is 741 g/mol. The molecule has 3 aromatic heterocycles. The average molecular weight is 777 g/mol. The fraction of sp³-hybridized carbons (Fsp3) is 0.220. The van der Waals surface area contributed by atoms with E-state index in [0.29, 0.717) is 92.1 Å². The summed E-state index contributed by atoms with van der Waals surface area (Å²) in [4.78, 5) is 56.5. The Labute approximate surface area is 325 Å². The van der Waals surface area contributed by atoms with Crippen LogP contribution >= 0.6 is 23.2 Å². The Morgan fingerprint density at radius 1 is 0.800 bits per heavy atom. The van der Waals surface area contributed by atoms with E-state index < -0.39 is 0 Å². The highest BCUT2D eigenvalue weighted by Crippen LogP contribution is 2.42. The number of hydrogen-bond acceptors (Lipinski definition) is 8. The zero-order valence-corrected chi connectivity index (χ0v) is 31.2. The number of benzene rings is 3. The summed E-state index contributed by atoms with van der Waals surface area (Å²) in [6.07, 6.45) is 3.43. The topological polar surface area (TPSA) is 140 Å². The van der Waals surface area contributed by atoms with Crippen molar-refractivity contribution in [3.05, 3.63) is 128 Å². The number of aromatic nitrogens is 4. The number of hydrogen-bond donors (Lipinski definition) is 2. The number of fused-ring (bicyclic) bond motifs is 2. The van der Waals surface area contributed by atoms with E-state index in [4.69, 9.17) is 32.9 Å². The number of carbonyl (C=O) groups is 3. The van der Waals surface area contributed by atoms with Gasteiger partial charge in [0, 0.05) is 78.2 Å². The molecule has 2 N–H and O–H groups in total. The Kier molecular flexibility index (Phi) is 9.95. The number of ether oxygens (including phenoxy) is 1. The molecule has 0 spiro atoms. The van der Waals surface area contributed by atoms with Gasteiger partial charge in [0.1, 0.15) is 0 Å². The van der Waals surface area contributed by atoms with Gasteiger partial charge in [0.2, 0.25) is 11.8 Å². The minimum Gasteiger partial charge on any atom is -0.481 e. The Morgan fingerprint density at radius 3 is 2.16 bits per heavy atom. The minimum atomic E-state index is -0.353. The summed E-state index contributed by atoms with van der Waals surface area (Å²) in [5, 5.41) is 11.7. The number of amides is 3. The van der Waals surface area contributed by atoms with Gasteiger partial charge in [-0.15, -0.1) is 5.10 Å². The first-order chi connectivity index (χ1) is 26.7. The molecule has 278 valence electrons. The predicted molar refractivity (Wildman–Crippen MR) is 209 cm³/mol. The third-order valence-corrected chi connectivity index (χ3v) is 10.8. The SMILES string of the molecule is COc1nc(-c2cccc(-c3cccc(-c4ccc5nn(CCCN6C(=O)c7ccccc7C6=O)c(=O)n5c4)c3Cl)c2Cl)ccc1CNCC1CCC(=O)N1. The van der Waals surface area contributed by atoms with E-state index in [1.807, 2.05) is 54.6 Å². The van der Waals surface area contributed by atoms with Crippen molar-refractivity contribution in [1.29, 1.82) is 0 Å². The molecule has 6 aromatic rings. The molecule has 2 aliphatic rings. The predicted octanol–water partition coefficient (Wildman–Crippen LogP) is 6.26. The van der Waals surface area contributed by atoms with Gasteiger partial charge in [0.25, 0.3) is 11.8 Å². The number of nitrogens with zero attached hydrogens (tertiary/aromatic N) is 5. The maximum atomic E-state index is 13.5.